The number of esters is 1. The second-order valence-electron chi connectivity index (χ2n) is 4.52. The van der Waals surface area contributed by atoms with Gasteiger partial charge in [-0.2, -0.15) is 18.3 Å². The van der Waals surface area contributed by atoms with E-state index in [9.17, 15) is 18.0 Å². The molecule has 2 aromatic rings. The topological polar surface area (TPSA) is 76.7 Å². The number of alkyl halides is 3. The summed E-state index contributed by atoms with van der Waals surface area (Å²) < 4.78 is 44.9. The Morgan fingerprint density at radius 2 is 2.08 bits per heavy atom. The molecule has 0 bridgehead atoms. The van der Waals surface area contributed by atoms with E-state index in [0.717, 1.165) is 16.4 Å². The fourth-order valence-corrected chi connectivity index (χ4v) is 3.02. The third kappa shape index (κ3) is 3.53. The van der Waals surface area contributed by atoms with Crippen LogP contribution in [0.5, 0.6) is 0 Å². The third-order valence-electron chi connectivity index (χ3n) is 2.98. The van der Waals surface area contributed by atoms with E-state index in [-0.39, 0.29) is 10.6 Å². The molecule has 128 valence electrons. The van der Waals surface area contributed by atoms with Crippen molar-refractivity contribution in [3.63, 3.8) is 0 Å². The van der Waals surface area contributed by atoms with Crippen LogP contribution in [-0.4, -0.2) is 34.3 Å². The first-order chi connectivity index (χ1) is 11.3. The predicted octanol–water partition coefficient (Wildman–Crippen LogP) is 3.18. The monoisotopic (exact) mass is 359 g/mol. The molecule has 0 aliphatic rings. The van der Waals surface area contributed by atoms with Gasteiger partial charge in [0.15, 0.2) is 5.69 Å². The first kappa shape index (κ1) is 17.9. The highest BCUT2D eigenvalue weighted by Crippen LogP contribution is 2.38. The molecule has 0 radical (unpaired) electrons. The number of nitrogens with zero attached hydrogens (tertiary/aromatic N) is 3. The van der Waals surface area contributed by atoms with Gasteiger partial charge in [0.2, 0.25) is 0 Å². The van der Waals surface area contributed by atoms with E-state index in [4.69, 9.17) is 5.21 Å². The lowest BCUT2D eigenvalue weighted by molar-refractivity contribution is -0.141. The maximum Gasteiger partial charge on any atom is 0.435 e. The van der Waals surface area contributed by atoms with Crippen LogP contribution in [0.25, 0.3) is 0 Å². The van der Waals surface area contributed by atoms with Crippen molar-refractivity contribution in [3.05, 3.63) is 41.1 Å². The van der Waals surface area contributed by atoms with Crippen LogP contribution in [0, 0.1) is 0 Å². The van der Waals surface area contributed by atoms with E-state index in [0.29, 0.717) is 11.1 Å². The van der Waals surface area contributed by atoms with Gasteiger partial charge in [-0.1, -0.05) is 29.1 Å². The summed E-state index contributed by atoms with van der Waals surface area (Å²) in [5.74, 6) is -0.617. The molecule has 1 aromatic heterocycles. The number of hydrogen-bond donors (Lipinski definition) is 1. The SMILES string of the molecule is COC(=O)c1ccccc1Sc1c(C=NO)c(C(F)(F)F)nn1C. The molecule has 0 amide bonds. The lowest BCUT2D eigenvalue weighted by atomic mass is 10.2. The smallest absolute Gasteiger partial charge is 0.435 e. The van der Waals surface area contributed by atoms with Crippen molar-refractivity contribution in [2.45, 2.75) is 16.1 Å². The minimum Gasteiger partial charge on any atom is -0.465 e. The number of hydrogen-bond acceptors (Lipinski definition) is 6. The number of aryl methyl sites for hydroxylation is 1. The molecule has 1 N–H and O–H groups in total. The van der Waals surface area contributed by atoms with Crippen molar-refractivity contribution >= 4 is 23.9 Å². The van der Waals surface area contributed by atoms with E-state index < -0.39 is 23.4 Å². The Bertz CT molecular complexity index is 787. The summed E-state index contributed by atoms with van der Waals surface area (Å²) in [4.78, 5) is 12.2. The molecule has 0 spiro atoms. The maximum absolute atomic E-state index is 13.1. The summed E-state index contributed by atoms with van der Waals surface area (Å²) in [5.41, 5.74) is -1.37. The van der Waals surface area contributed by atoms with Gasteiger partial charge < -0.3 is 9.94 Å². The van der Waals surface area contributed by atoms with Crippen LogP contribution in [0.3, 0.4) is 0 Å². The van der Waals surface area contributed by atoms with Crippen molar-refractivity contribution in [2.24, 2.45) is 12.2 Å². The first-order valence-electron chi connectivity index (χ1n) is 6.46. The van der Waals surface area contributed by atoms with Crippen molar-refractivity contribution < 1.29 is 27.9 Å². The minimum absolute atomic E-state index is 0.0662. The number of methoxy groups -OCH3 is 1. The molecule has 10 heteroatoms. The molecule has 0 fully saturated rings. The van der Waals surface area contributed by atoms with Crippen LogP contribution in [0.15, 0.2) is 39.3 Å². The highest BCUT2D eigenvalue weighted by molar-refractivity contribution is 7.99. The Hall–Kier alpha value is -2.49. The molecule has 0 aliphatic heterocycles. The van der Waals surface area contributed by atoms with Gasteiger partial charge in [-0.15, -0.1) is 0 Å². The number of halogens is 3. The van der Waals surface area contributed by atoms with Crippen LogP contribution in [0.2, 0.25) is 0 Å². The number of aromatic nitrogens is 2. The molecule has 2 rings (SSSR count). The zero-order valence-electron chi connectivity index (χ0n) is 12.5. The van der Waals surface area contributed by atoms with Crippen LogP contribution in [-0.2, 0) is 18.0 Å². The van der Waals surface area contributed by atoms with E-state index in [1.807, 2.05) is 0 Å². The van der Waals surface area contributed by atoms with Crippen LogP contribution < -0.4 is 0 Å². The molecule has 0 aliphatic carbocycles. The van der Waals surface area contributed by atoms with E-state index in [2.05, 4.69) is 15.0 Å². The number of oxime groups is 1. The number of carbonyl (C=O) groups excluding carboxylic acids is 1. The van der Waals surface area contributed by atoms with Gasteiger partial charge in [-0.25, -0.2) is 4.79 Å². The summed E-state index contributed by atoms with van der Waals surface area (Å²) in [6.07, 6.45) is -4.05. The molecule has 24 heavy (non-hydrogen) atoms. The molecule has 1 aromatic carbocycles. The highest BCUT2D eigenvalue weighted by Gasteiger charge is 2.38. The van der Waals surface area contributed by atoms with E-state index in [1.165, 1.54) is 20.2 Å². The van der Waals surface area contributed by atoms with Gasteiger partial charge in [0.1, 0.15) is 5.03 Å². The van der Waals surface area contributed by atoms with Crippen LogP contribution >= 0.6 is 11.8 Å². The molecule has 6 nitrogen and oxygen atoms in total. The first-order valence-corrected chi connectivity index (χ1v) is 7.28. The Kier molecular flexibility index (Phi) is 5.17. The van der Waals surface area contributed by atoms with Gasteiger partial charge in [-0.05, 0) is 12.1 Å². The Morgan fingerprint density at radius 1 is 1.42 bits per heavy atom. The summed E-state index contributed by atoms with van der Waals surface area (Å²) >= 11 is 0.885. The Labute approximate surface area is 138 Å². The fraction of sp³-hybridized carbons (Fsp3) is 0.214. The van der Waals surface area contributed by atoms with Crippen molar-refractivity contribution in [1.29, 1.82) is 0 Å². The Morgan fingerprint density at radius 3 is 2.67 bits per heavy atom. The number of carbonyl (C=O) groups is 1. The van der Waals surface area contributed by atoms with Gasteiger partial charge in [0, 0.05) is 11.9 Å². The van der Waals surface area contributed by atoms with Gasteiger partial charge in [-0.3, -0.25) is 4.68 Å². The van der Waals surface area contributed by atoms with Crippen LogP contribution in [0.4, 0.5) is 13.2 Å². The number of benzene rings is 1. The average molecular weight is 359 g/mol. The van der Waals surface area contributed by atoms with Gasteiger partial charge in [0.05, 0.1) is 24.5 Å². The second-order valence-corrected chi connectivity index (χ2v) is 5.55. The molecule has 0 saturated heterocycles. The lowest BCUT2D eigenvalue weighted by Gasteiger charge is -2.08. The summed E-state index contributed by atoms with van der Waals surface area (Å²) in [5, 5.41) is 14.9. The van der Waals surface area contributed by atoms with Crippen molar-refractivity contribution in [3.8, 4) is 0 Å². The molecule has 0 unspecified atom stereocenters. The largest absolute Gasteiger partial charge is 0.465 e. The number of rotatable bonds is 4. The fourth-order valence-electron chi connectivity index (χ4n) is 1.97. The maximum atomic E-state index is 13.1. The molecule has 0 atom stereocenters. The predicted molar refractivity (Wildman–Crippen MR) is 79.5 cm³/mol. The van der Waals surface area contributed by atoms with E-state index >= 15 is 0 Å². The quantitative estimate of drug-likeness (QED) is 0.393. The molecular weight excluding hydrogens is 347 g/mol. The highest BCUT2D eigenvalue weighted by atomic mass is 32.2. The van der Waals surface area contributed by atoms with Crippen LogP contribution in [0.1, 0.15) is 21.6 Å². The number of ether oxygens (including phenoxy) is 1. The Balaban J connectivity index is 2.56. The molecule has 1 heterocycles. The molecule has 0 saturated carbocycles. The van der Waals surface area contributed by atoms with Gasteiger partial charge in [0.25, 0.3) is 0 Å². The van der Waals surface area contributed by atoms with Crippen molar-refractivity contribution in [2.75, 3.05) is 7.11 Å². The second kappa shape index (κ2) is 6.95. The third-order valence-corrected chi connectivity index (χ3v) is 4.24. The van der Waals surface area contributed by atoms with E-state index in [1.54, 1.807) is 18.2 Å². The minimum atomic E-state index is -4.71. The normalized spacial score (nSPS) is 11.9. The van der Waals surface area contributed by atoms with Gasteiger partial charge >= 0.3 is 12.1 Å². The lowest BCUT2D eigenvalue weighted by Crippen LogP contribution is -2.09. The summed E-state index contributed by atoms with van der Waals surface area (Å²) in [6, 6.07) is 6.30. The summed E-state index contributed by atoms with van der Waals surface area (Å²) in [6.45, 7) is 0. The average Bonchev–Trinajstić information content (AvgIpc) is 2.84. The van der Waals surface area contributed by atoms with Crippen molar-refractivity contribution in [1.82, 2.24) is 9.78 Å². The molecular formula is C14H12F3N3O3S. The zero-order valence-corrected chi connectivity index (χ0v) is 13.4. The summed E-state index contributed by atoms with van der Waals surface area (Å²) in [7, 11) is 2.53. The zero-order chi connectivity index (χ0) is 17.9. The standard InChI is InChI=1S/C14H12F3N3O3S/c1-20-12(9(7-18-22)11(19-20)14(15,16)17)24-10-6-4-3-5-8(10)13(21)23-2/h3-7,22H,1-2H3.